The number of piperazine rings is 1. The maximum absolute atomic E-state index is 13.7. The number of rotatable bonds is 5. The van der Waals surface area contributed by atoms with Gasteiger partial charge in [-0.2, -0.15) is 0 Å². The summed E-state index contributed by atoms with van der Waals surface area (Å²) < 4.78 is 18.1. The third kappa shape index (κ3) is 3.18. The van der Waals surface area contributed by atoms with Gasteiger partial charge in [0, 0.05) is 6.54 Å². The van der Waals surface area contributed by atoms with Crippen LogP contribution in [-0.2, 0) is 19.1 Å². The normalized spacial score (nSPS) is 17.9. The molecule has 0 spiro atoms. The highest BCUT2D eigenvalue weighted by atomic mass is 19.1. The molecular formula is C11H17FN2O4. The van der Waals surface area contributed by atoms with Gasteiger partial charge in [0.2, 0.25) is 11.8 Å². The molecule has 1 unspecified atom stereocenters. The molecule has 2 amide bonds. The fourth-order valence-electron chi connectivity index (χ4n) is 1.69. The summed E-state index contributed by atoms with van der Waals surface area (Å²) in [7, 11) is 0. The van der Waals surface area contributed by atoms with E-state index >= 15 is 0 Å². The van der Waals surface area contributed by atoms with E-state index in [-0.39, 0.29) is 19.1 Å². The lowest BCUT2D eigenvalue weighted by Gasteiger charge is -2.34. The smallest absolute Gasteiger partial charge is 0.362 e. The van der Waals surface area contributed by atoms with Crippen LogP contribution in [0.25, 0.3) is 0 Å². The van der Waals surface area contributed by atoms with Crippen molar-refractivity contribution >= 4 is 17.8 Å². The molecule has 1 heterocycles. The van der Waals surface area contributed by atoms with Gasteiger partial charge in [-0.05, 0) is 13.3 Å². The van der Waals surface area contributed by atoms with Crippen LogP contribution in [0.15, 0.2) is 0 Å². The van der Waals surface area contributed by atoms with E-state index in [4.69, 9.17) is 0 Å². The first kappa shape index (κ1) is 14.4. The van der Waals surface area contributed by atoms with Crippen LogP contribution >= 0.6 is 0 Å². The summed E-state index contributed by atoms with van der Waals surface area (Å²) in [6, 6.07) is 0. The highest BCUT2D eigenvalue weighted by Crippen LogP contribution is 2.12. The number of amides is 2. The molecule has 18 heavy (non-hydrogen) atoms. The Balaban J connectivity index is 2.67. The Morgan fingerprint density at radius 3 is 2.56 bits per heavy atom. The van der Waals surface area contributed by atoms with Crippen molar-refractivity contribution in [1.82, 2.24) is 9.80 Å². The van der Waals surface area contributed by atoms with Gasteiger partial charge in [-0.1, -0.05) is 6.92 Å². The molecule has 0 radical (unpaired) electrons. The van der Waals surface area contributed by atoms with Crippen molar-refractivity contribution in [2.24, 2.45) is 0 Å². The zero-order valence-corrected chi connectivity index (χ0v) is 10.5. The second-order valence-electron chi connectivity index (χ2n) is 3.92. The molecule has 1 fully saturated rings. The molecule has 1 atom stereocenters. The van der Waals surface area contributed by atoms with Crippen LogP contribution < -0.4 is 0 Å². The Bertz CT molecular complexity index is 348. The predicted molar refractivity (Wildman–Crippen MR) is 60.1 cm³/mol. The molecule has 1 aliphatic rings. The lowest BCUT2D eigenvalue weighted by atomic mass is 10.2. The van der Waals surface area contributed by atoms with Gasteiger partial charge in [-0.15, -0.1) is 0 Å². The minimum atomic E-state index is -2.20. The Labute approximate surface area is 105 Å². The van der Waals surface area contributed by atoms with Gasteiger partial charge in [0.05, 0.1) is 13.2 Å². The Hall–Kier alpha value is -1.66. The molecule has 0 aliphatic carbocycles. The van der Waals surface area contributed by atoms with Crippen molar-refractivity contribution in [2.75, 3.05) is 26.2 Å². The number of carbonyl (C=O) groups excluding carboxylic acids is 3. The minimum absolute atomic E-state index is 0.0250. The lowest BCUT2D eigenvalue weighted by Crippen LogP contribution is -2.57. The summed E-state index contributed by atoms with van der Waals surface area (Å²) in [4.78, 5) is 36.5. The Morgan fingerprint density at radius 2 is 2.00 bits per heavy atom. The molecule has 0 aromatic rings. The molecule has 7 heteroatoms. The average molecular weight is 260 g/mol. The van der Waals surface area contributed by atoms with Crippen molar-refractivity contribution < 1.29 is 23.5 Å². The third-order valence-corrected chi connectivity index (χ3v) is 2.55. The molecule has 6 nitrogen and oxygen atoms in total. The van der Waals surface area contributed by atoms with Crippen LogP contribution in [0, 0.1) is 0 Å². The number of carbonyl (C=O) groups is 3. The summed E-state index contributed by atoms with van der Waals surface area (Å²) in [5, 5.41) is 0. The van der Waals surface area contributed by atoms with Gasteiger partial charge in [-0.3, -0.25) is 14.5 Å². The standard InChI is InChI=1S/C11H17FN2O4/c1-3-5-13-6-9(16)14(7-8(13)15)10(12)11(17)18-4-2/h10H,3-7H2,1-2H3. The van der Waals surface area contributed by atoms with Gasteiger partial charge in [-0.25, -0.2) is 9.18 Å². The molecule has 1 rings (SSSR count). The zero-order chi connectivity index (χ0) is 13.7. The number of alkyl halides is 1. The Kier molecular flexibility index (Phi) is 5.06. The maximum Gasteiger partial charge on any atom is 0.362 e. The number of esters is 1. The second kappa shape index (κ2) is 6.32. The van der Waals surface area contributed by atoms with Crippen LogP contribution in [0.5, 0.6) is 0 Å². The summed E-state index contributed by atoms with van der Waals surface area (Å²) in [6.07, 6.45) is -1.49. The number of hydrogen-bond acceptors (Lipinski definition) is 4. The van der Waals surface area contributed by atoms with E-state index in [1.807, 2.05) is 6.92 Å². The fraction of sp³-hybridized carbons (Fsp3) is 0.727. The van der Waals surface area contributed by atoms with E-state index in [1.54, 1.807) is 0 Å². The quantitative estimate of drug-likeness (QED) is 0.512. The zero-order valence-electron chi connectivity index (χ0n) is 10.5. The number of nitrogens with zero attached hydrogens (tertiary/aromatic N) is 2. The van der Waals surface area contributed by atoms with Gasteiger partial charge >= 0.3 is 5.97 Å². The molecule has 1 aliphatic heterocycles. The first-order chi connectivity index (χ1) is 8.51. The number of halogens is 1. The van der Waals surface area contributed by atoms with Crippen molar-refractivity contribution in [3.8, 4) is 0 Å². The van der Waals surface area contributed by atoms with E-state index in [0.29, 0.717) is 11.4 Å². The van der Waals surface area contributed by atoms with Crippen LogP contribution in [0.2, 0.25) is 0 Å². The highest BCUT2D eigenvalue weighted by molar-refractivity contribution is 5.94. The first-order valence-electron chi connectivity index (χ1n) is 5.89. The van der Waals surface area contributed by atoms with Crippen molar-refractivity contribution in [2.45, 2.75) is 26.6 Å². The van der Waals surface area contributed by atoms with Gasteiger partial charge in [0.15, 0.2) is 0 Å². The van der Waals surface area contributed by atoms with Crippen LogP contribution in [0.1, 0.15) is 20.3 Å². The highest BCUT2D eigenvalue weighted by Gasteiger charge is 2.37. The molecular weight excluding hydrogens is 243 g/mol. The Morgan fingerprint density at radius 1 is 1.33 bits per heavy atom. The van der Waals surface area contributed by atoms with Gasteiger partial charge < -0.3 is 9.64 Å². The lowest BCUT2D eigenvalue weighted by molar-refractivity contribution is -0.168. The molecule has 0 aromatic carbocycles. The molecule has 0 bridgehead atoms. The van der Waals surface area contributed by atoms with Gasteiger partial charge in [0.1, 0.15) is 6.54 Å². The summed E-state index contributed by atoms with van der Waals surface area (Å²) in [6.45, 7) is 3.29. The third-order valence-electron chi connectivity index (χ3n) is 2.55. The van der Waals surface area contributed by atoms with Crippen molar-refractivity contribution in [3.05, 3.63) is 0 Å². The van der Waals surface area contributed by atoms with Crippen LogP contribution in [0.3, 0.4) is 0 Å². The van der Waals surface area contributed by atoms with E-state index in [9.17, 15) is 18.8 Å². The fourth-order valence-corrected chi connectivity index (χ4v) is 1.69. The largest absolute Gasteiger partial charge is 0.462 e. The van der Waals surface area contributed by atoms with Crippen molar-refractivity contribution in [3.63, 3.8) is 0 Å². The van der Waals surface area contributed by atoms with E-state index in [1.165, 1.54) is 11.8 Å². The average Bonchev–Trinajstić information content (AvgIpc) is 2.33. The van der Waals surface area contributed by atoms with Crippen LogP contribution in [0.4, 0.5) is 4.39 Å². The summed E-state index contributed by atoms with van der Waals surface area (Å²) in [5.41, 5.74) is 0. The molecule has 102 valence electrons. The topological polar surface area (TPSA) is 66.9 Å². The SMILES string of the molecule is CCCN1CC(=O)N(C(F)C(=O)OCC)CC1=O. The van der Waals surface area contributed by atoms with Crippen LogP contribution in [-0.4, -0.2) is 60.1 Å². The molecule has 0 N–H and O–H groups in total. The first-order valence-corrected chi connectivity index (χ1v) is 5.89. The minimum Gasteiger partial charge on any atom is -0.462 e. The number of ether oxygens (including phenoxy) is 1. The monoisotopic (exact) mass is 260 g/mol. The van der Waals surface area contributed by atoms with E-state index < -0.39 is 24.7 Å². The van der Waals surface area contributed by atoms with Gasteiger partial charge in [0.25, 0.3) is 6.30 Å². The summed E-state index contributed by atoms with van der Waals surface area (Å²) in [5.74, 6) is -2.07. The van der Waals surface area contributed by atoms with Crippen molar-refractivity contribution in [1.29, 1.82) is 0 Å². The summed E-state index contributed by atoms with van der Waals surface area (Å²) >= 11 is 0. The maximum atomic E-state index is 13.7. The van der Waals surface area contributed by atoms with E-state index in [0.717, 1.165) is 6.42 Å². The molecule has 1 saturated heterocycles. The number of hydrogen-bond donors (Lipinski definition) is 0. The predicted octanol–water partition coefficient (Wildman–Crippen LogP) is -0.0741. The van der Waals surface area contributed by atoms with E-state index in [2.05, 4.69) is 4.74 Å². The molecule has 0 saturated carbocycles. The second-order valence-corrected chi connectivity index (χ2v) is 3.92. The molecule has 0 aromatic heterocycles.